The Hall–Kier alpha value is -1.62. The predicted molar refractivity (Wildman–Crippen MR) is 74.3 cm³/mol. The maximum atomic E-state index is 13.0. The lowest BCUT2D eigenvalue weighted by Crippen LogP contribution is -2.29. The van der Waals surface area contributed by atoms with E-state index in [1.54, 1.807) is 0 Å². The zero-order valence-electron chi connectivity index (χ0n) is 11.2. The van der Waals surface area contributed by atoms with E-state index >= 15 is 0 Å². The van der Waals surface area contributed by atoms with Crippen molar-refractivity contribution in [2.45, 2.75) is 32.2 Å². The highest BCUT2D eigenvalue weighted by atomic mass is 19.1. The third-order valence-corrected chi connectivity index (χ3v) is 3.38. The Morgan fingerprint density at radius 3 is 2.84 bits per heavy atom. The van der Waals surface area contributed by atoms with Crippen LogP contribution in [-0.4, -0.2) is 29.9 Å². The van der Waals surface area contributed by atoms with Crippen molar-refractivity contribution in [3.8, 4) is 0 Å². The van der Waals surface area contributed by atoms with Crippen molar-refractivity contribution in [3.63, 3.8) is 0 Å². The van der Waals surface area contributed by atoms with Crippen LogP contribution < -0.4 is 11.1 Å². The molecule has 0 atom stereocenters. The third-order valence-electron chi connectivity index (χ3n) is 3.38. The predicted octanol–water partition coefficient (Wildman–Crippen LogP) is 2.22. The molecule has 104 valence electrons. The molecule has 2 rings (SSSR count). The Bertz CT molecular complexity index is 460. The van der Waals surface area contributed by atoms with Gasteiger partial charge in [-0.1, -0.05) is 6.92 Å². The summed E-state index contributed by atoms with van der Waals surface area (Å²) in [5.41, 5.74) is 6.04. The first-order chi connectivity index (χ1) is 9.10. The van der Waals surface area contributed by atoms with Gasteiger partial charge in [0.25, 0.3) is 0 Å². The van der Waals surface area contributed by atoms with E-state index in [4.69, 9.17) is 5.73 Å². The van der Waals surface area contributed by atoms with Crippen LogP contribution >= 0.6 is 0 Å². The number of anilines is 2. The highest BCUT2D eigenvalue weighted by Crippen LogP contribution is 2.26. The molecule has 5 heteroatoms. The standard InChI is InChI=1S/C14H20FN3O/c1-2-18(11-4-5-11)8-7-14(19)17-10-3-6-12(15)13(16)9-10/h3,6,9,11H,2,4-5,7-8,16H2,1H3,(H,17,19). The van der Waals surface area contributed by atoms with Crippen molar-refractivity contribution < 1.29 is 9.18 Å². The molecule has 1 aliphatic rings. The Labute approximate surface area is 112 Å². The Morgan fingerprint density at radius 1 is 1.53 bits per heavy atom. The van der Waals surface area contributed by atoms with Gasteiger partial charge in [-0.25, -0.2) is 4.39 Å². The second-order valence-corrected chi connectivity index (χ2v) is 4.89. The molecule has 1 aliphatic carbocycles. The van der Waals surface area contributed by atoms with Crippen LogP contribution in [0.5, 0.6) is 0 Å². The van der Waals surface area contributed by atoms with Gasteiger partial charge in [-0.2, -0.15) is 0 Å². The molecule has 0 bridgehead atoms. The first-order valence-electron chi connectivity index (χ1n) is 6.69. The molecule has 1 amide bonds. The largest absolute Gasteiger partial charge is 0.396 e. The van der Waals surface area contributed by atoms with Crippen LogP contribution in [0.15, 0.2) is 18.2 Å². The van der Waals surface area contributed by atoms with Crippen molar-refractivity contribution in [2.24, 2.45) is 0 Å². The van der Waals surface area contributed by atoms with Crippen LogP contribution in [0.2, 0.25) is 0 Å². The summed E-state index contributed by atoms with van der Waals surface area (Å²) in [5.74, 6) is -0.533. The molecule has 0 spiro atoms. The third kappa shape index (κ3) is 3.92. The Kier molecular flexibility index (Phi) is 4.37. The second kappa shape index (κ2) is 6.02. The number of nitrogens with zero attached hydrogens (tertiary/aromatic N) is 1. The maximum absolute atomic E-state index is 13.0. The van der Waals surface area contributed by atoms with Crippen molar-refractivity contribution in [2.75, 3.05) is 24.1 Å². The van der Waals surface area contributed by atoms with Gasteiger partial charge in [-0.05, 0) is 37.6 Å². The zero-order chi connectivity index (χ0) is 13.8. The van der Waals surface area contributed by atoms with E-state index in [1.807, 2.05) is 0 Å². The van der Waals surface area contributed by atoms with Gasteiger partial charge in [0.1, 0.15) is 5.82 Å². The summed E-state index contributed by atoms with van der Waals surface area (Å²) >= 11 is 0. The second-order valence-electron chi connectivity index (χ2n) is 4.89. The van der Waals surface area contributed by atoms with Crippen LogP contribution in [0.1, 0.15) is 26.2 Å². The average molecular weight is 265 g/mol. The fourth-order valence-corrected chi connectivity index (χ4v) is 2.13. The summed E-state index contributed by atoms with van der Waals surface area (Å²) in [4.78, 5) is 14.1. The molecule has 0 heterocycles. The minimum atomic E-state index is -0.469. The molecule has 1 aromatic rings. The highest BCUT2D eigenvalue weighted by molar-refractivity contribution is 5.91. The van der Waals surface area contributed by atoms with Crippen molar-refractivity contribution in [3.05, 3.63) is 24.0 Å². The van der Waals surface area contributed by atoms with Crippen LogP contribution in [0.25, 0.3) is 0 Å². The SMILES string of the molecule is CCN(CCC(=O)Nc1ccc(F)c(N)c1)C1CC1. The molecule has 0 aromatic heterocycles. The lowest BCUT2D eigenvalue weighted by molar-refractivity contribution is -0.116. The van der Waals surface area contributed by atoms with Gasteiger partial charge in [-0.15, -0.1) is 0 Å². The lowest BCUT2D eigenvalue weighted by atomic mass is 10.2. The smallest absolute Gasteiger partial charge is 0.225 e. The molecular weight excluding hydrogens is 245 g/mol. The van der Waals surface area contributed by atoms with E-state index in [1.165, 1.54) is 31.0 Å². The molecule has 0 radical (unpaired) electrons. The molecule has 3 N–H and O–H groups in total. The fraction of sp³-hybridized carbons (Fsp3) is 0.500. The quantitative estimate of drug-likeness (QED) is 0.775. The van der Waals surface area contributed by atoms with Crippen LogP contribution in [-0.2, 0) is 4.79 Å². The highest BCUT2D eigenvalue weighted by Gasteiger charge is 2.27. The number of halogens is 1. The van der Waals surface area contributed by atoms with Gasteiger partial charge >= 0.3 is 0 Å². The van der Waals surface area contributed by atoms with Gasteiger partial charge in [0.05, 0.1) is 5.69 Å². The number of hydrogen-bond acceptors (Lipinski definition) is 3. The molecule has 4 nitrogen and oxygen atoms in total. The summed E-state index contributed by atoms with van der Waals surface area (Å²) in [7, 11) is 0. The molecule has 1 saturated carbocycles. The number of nitrogen functional groups attached to an aromatic ring is 1. The van der Waals surface area contributed by atoms with Crippen LogP contribution in [0.4, 0.5) is 15.8 Å². The van der Waals surface area contributed by atoms with E-state index in [0.717, 1.165) is 13.1 Å². The summed E-state index contributed by atoms with van der Waals surface area (Å²) in [6, 6.07) is 4.88. The van der Waals surface area contributed by atoms with E-state index in [9.17, 15) is 9.18 Å². The molecule has 0 saturated heterocycles. The molecule has 1 fully saturated rings. The van der Waals surface area contributed by atoms with Gasteiger partial charge in [0.15, 0.2) is 0 Å². The van der Waals surface area contributed by atoms with E-state index in [-0.39, 0.29) is 11.6 Å². The fourth-order valence-electron chi connectivity index (χ4n) is 2.13. The number of carbonyl (C=O) groups excluding carboxylic acids is 1. The van der Waals surface area contributed by atoms with E-state index in [0.29, 0.717) is 18.2 Å². The van der Waals surface area contributed by atoms with Crippen molar-refractivity contribution >= 4 is 17.3 Å². The monoisotopic (exact) mass is 265 g/mol. The topological polar surface area (TPSA) is 58.4 Å². The zero-order valence-corrected chi connectivity index (χ0v) is 11.2. The number of nitrogens with two attached hydrogens (primary N) is 1. The molecule has 0 aliphatic heterocycles. The molecule has 19 heavy (non-hydrogen) atoms. The van der Waals surface area contributed by atoms with E-state index in [2.05, 4.69) is 17.1 Å². The number of hydrogen-bond donors (Lipinski definition) is 2. The van der Waals surface area contributed by atoms with Gasteiger partial charge in [0.2, 0.25) is 5.91 Å². The average Bonchev–Trinajstić information content (AvgIpc) is 3.19. The molecular formula is C14H20FN3O. The maximum Gasteiger partial charge on any atom is 0.225 e. The molecule has 1 aromatic carbocycles. The number of amides is 1. The molecule has 0 unspecified atom stereocenters. The van der Waals surface area contributed by atoms with Crippen molar-refractivity contribution in [1.82, 2.24) is 4.90 Å². The summed E-state index contributed by atoms with van der Waals surface area (Å²) < 4.78 is 13.0. The minimum absolute atomic E-state index is 0.0472. The Morgan fingerprint density at radius 2 is 2.26 bits per heavy atom. The minimum Gasteiger partial charge on any atom is -0.396 e. The summed E-state index contributed by atoms with van der Waals surface area (Å²) in [6.07, 6.45) is 2.93. The van der Waals surface area contributed by atoms with Gasteiger partial charge in [0, 0.05) is 24.7 Å². The summed E-state index contributed by atoms with van der Waals surface area (Å²) in [6.45, 7) is 3.85. The summed E-state index contributed by atoms with van der Waals surface area (Å²) in [5, 5.41) is 2.74. The van der Waals surface area contributed by atoms with Gasteiger partial charge < -0.3 is 16.0 Å². The number of carbonyl (C=O) groups is 1. The number of nitrogens with one attached hydrogen (secondary N) is 1. The normalized spacial score (nSPS) is 14.7. The van der Waals surface area contributed by atoms with Crippen LogP contribution in [0, 0.1) is 5.82 Å². The van der Waals surface area contributed by atoms with Crippen molar-refractivity contribution in [1.29, 1.82) is 0 Å². The van der Waals surface area contributed by atoms with E-state index < -0.39 is 5.82 Å². The first kappa shape index (κ1) is 13.8. The first-order valence-corrected chi connectivity index (χ1v) is 6.69. The number of rotatable bonds is 6. The number of benzene rings is 1. The van der Waals surface area contributed by atoms with Gasteiger partial charge in [-0.3, -0.25) is 4.79 Å². The lowest BCUT2D eigenvalue weighted by Gasteiger charge is -2.19. The van der Waals surface area contributed by atoms with Crippen LogP contribution in [0.3, 0.4) is 0 Å². The Balaban J connectivity index is 1.81.